The van der Waals surface area contributed by atoms with E-state index in [1.807, 2.05) is 0 Å². The minimum Gasteiger partial charge on any atom is -0.481 e. The fourth-order valence-electron chi connectivity index (χ4n) is 2.19. The second-order valence-electron chi connectivity index (χ2n) is 6.98. The zero-order valence-corrected chi connectivity index (χ0v) is 18.3. The van der Waals surface area contributed by atoms with Gasteiger partial charge in [-0.1, -0.05) is 11.6 Å². The molecule has 0 aromatic heterocycles. The van der Waals surface area contributed by atoms with Crippen LogP contribution in [0.5, 0.6) is 5.75 Å². The Hall–Kier alpha value is -1.90. The lowest BCUT2D eigenvalue weighted by Crippen LogP contribution is -2.27. The lowest BCUT2D eigenvalue weighted by atomic mass is 10.2. The molecular weight excluding hydrogens is 424 g/mol. The maximum atomic E-state index is 13.0. The molecule has 6 nitrogen and oxygen atoms in total. The molecule has 0 amide bonds. The number of sulfone groups is 1. The van der Waals surface area contributed by atoms with Gasteiger partial charge in [-0.05, 0) is 63.2 Å². The van der Waals surface area contributed by atoms with Crippen LogP contribution in [0, 0.1) is 0 Å². The fraction of sp³-hybridized carbons (Fsp3) is 0.316. The van der Waals surface area contributed by atoms with E-state index in [0.29, 0.717) is 9.92 Å². The predicted octanol–water partition coefficient (Wildman–Crippen LogP) is 3.63. The van der Waals surface area contributed by atoms with Crippen LogP contribution < -0.4 is 4.74 Å². The topological polar surface area (TPSA) is 86.7 Å². The van der Waals surface area contributed by atoms with Gasteiger partial charge >= 0.3 is 5.97 Å². The van der Waals surface area contributed by atoms with Crippen molar-refractivity contribution >= 4 is 38.2 Å². The van der Waals surface area contributed by atoms with Crippen LogP contribution in [-0.2, 0) is 30.2 Å². The van der Waals surface area contributed by atoms with Gasteiger partial charge in [0.05, 0.1) is 20.6 Å². The Kier molecular flexibility index (Phi) is 6.90. The van der Waals surface area contributed by atoms with Gasteiger partial charge in [0.1, 0.15) is 11.4 Å². The number of ether oxygens (including phenoxy) is 2. The van der Waals surface area contributed by atoms with Gasteiger partial charge in [0, 0.05) is 16.2 Å². The third kappa shape index (κ3) is 6.32. The smallest absolute Gasteiger partial charge is 0.344 e. The Balaban J connectivity index is 2.26. The van der Waals surface area contributed by atoms with E-state index in [4.69, 9.17) is 21.1 Å². The van der Waals surface area contributed by atoms with Crippen molar-refractivity contribution in [3.63, 3.8) is 0 Å². The molecule has 0 saturated carbocycles. The molecule has 0 aliphatic carbocycles. The molecule has 0 saturated heterocycles. The number of carbonyl (C=O) groups excluding carboxylic acids is 1. The normalized spacial score (nSPS) is 13.0. The summed E-state index contributed by atoms with van der Waals surface area (Å²) in [6.45, 7) is 4.88. The molecule has 1 unspecified atom stereocenters. The molecule has 2 rings (SSSR count). The minimum atomic E-state index is -3.35. The summed E-state index contributed by atoms with van der Waals surface area (Å²) >= 11 is 6.02. The Morgan fingerprint density at radius 3 is 2.25 bits per heavy atom. The maximum Gasteiger partial charge on any atom is 0.344 e. The van der Waals surface area contributed by atoms with E-state index in [2.05, 4.69) is 0 Å². The summed E-state index contributed by atoms with van der Waals surface area (Å²) in [7, 11) is -5.05. The van der Waals surface area contributed by atoms with Gasteiger partial charge in [-0.3, -0.25) is 0 Å². The first kappa shape index (κ1) is 22.4. The molecule has 0 heterocycles. The number of benzene rings is 2. The Morgan fingerprint density at radius 2 is 1.71 bits per heavy atom. The van der Waals surface area contributed by atoms with Crippen molar-refractivity contribution in [2.75, 3.05) is 12.9 Å². The lowest BCUT2D eigenvalue weighted by Gasteiger charge is -2.20. The molecule has 0 aliphatic rings. The van der Waals surface area contributed by atoms with E-state index in [0.717, 1.165) is 6.26 Å². The number of hydrogen-bond acceptors (Lipinski definition) is 6. The molecule has 0 spiro atoms. The van der Waals surface area contributed by atoms with Crippen molar-refractivity contribution in [2.45, 2.75) is 41.1 Å². The number of carbonyl (C=O) groups is 1. The summed E-state index contributed by atoms with van der Waals surface area (Å²) in [6, 6.07) is 10.2. The van der Waals surface area contributed by atoms with Gasteiger partial charge in [0.25, 0.3) is 0 Å². The van der Waals surface area contributed by atoms with E-state index in [9.17, 15) is 17.4 Å². The summed E-state index contributed by atoms with van der Waals surface area (Å²) < 4.78 is 46.8. The number of hydrogen-bond donors (Lipinski definition) is 0. The molecular formula is C19H21ClO6S2. The van der Waals surface area contributed by atoms with Gasteiger partial charge in [-0.15, -0.1) is 0 Å². The molecule has 2 aromatic carbocycles. The van der Waals surface area contributed by atoms with Crippen molar-refractivity contribution in [1.82, 2.24) is 0 Å². The molecule has 152 valence electrons. The number of rotatable bonds is 6. The number of halogens is 1. The van der Waals surface area contributed by atoms with E-state index in [1.165, 1.54) is 36.4 Å². The monoisotopic (exact) mass is 444 g/mol. The maximum absolute atomic E-state index is 13.0. The van der Waals surface area contributed by atoms with Gasteiger partial charge in [0.2, 0.25) is 0 Å². The Morgan fingerprint density at radius 1 is 1.11 bits per heavy atom. The quantitative estimate of drug-likeness (QED) is 0.632. The summed E-state index contributed by atoms with van der Waals surface area (Å²) in [5.74, 6) is -0.336. The highest BCUT2D eigenvalue weighted by Gasteiger charge is 2.19. The minimum absolute atomic E-state index is 0.126. The standard InChI is InChI=1S/C19H21ClO6S2/c1-19(2,3)26-18(21)12-25-16-10-5-13(20)11-17(16)27(22)14-6-8-15(9-7-14)28(4,23)24/h5-11H,12H2,1-4H3. The van der Waals surface area contributed by atoms with E-state index in [-0.39, 0.29) is 22.1 Å². The molecule has 28 heavy (non-hydrogen) atoms. The third-order valence-electron chi connectivity index (χ3n) is 3.34. The highest BCUT2D eigenvalue weighted by atomic mass is 35.5. The van der Waals surface area contributed by atoms with Gasteiger partial charge in [-0.25, -0.2) is 17.4 Å². The molecule has 1 atom stereocenters. The number of esters is 1. The van der Waals surface area contributed by atoms with Crippen LogP contribution >= 0.6 is 11.6 Å². The molecule has 0 radical (unpaired) electrons. The molecule has 2 aromatic rings. The van der Waals surface area contributed by atoms with E-state index < -0.39 is 32.2 Å². The van der Waals surface area contributed by atoms with Gasteiger partial charge in [0.15, 0.2) is 16.4 Å². The third-order valence-corrected chi connectivity index (χ3v) is 6.12. The average Bonchev–Trinajstić information content (AvgIpc) is 2.58. The van der Waals surface area contributed by atoms with Crippen molar-refractivity contribution in [2.24, 2.45) is 0 Å². The largest absolute Gasteiger partial charge is 0.481 e. The van der Waals surface area contributed by atoms with Crippen LogP contribution in [0.3, 0.4) is 0 Å². The summed E-state index contributed by atoms with van der Waals surface area (Å²) in [4.78, 5) is 12.6. The zero-order chi connectivity index (χ0) is 21.1. The second kappa shape index (κ2) is 8.63. The van der Waals surface area contributed by atoms with Crippen LogP contribution in [0.2, 0.25) is 5.02 Å². The molecule has 0 aliphatic heterocycles. The first-order valence-electron chi connectivity index (χ1n) is 8.23. The molecule has 0 fully saturated rings. The molecule has 0 N–H and O–H groups in total. The second-order valence-corrected chi connectivity index (χ2v) is 10.9. The van der Waals surface area contributed by atoms with E-state index in [1.54, 1.807) is 26.8 Å². The van der Waals surface area contributed by atoms with Crippen molar-refractivity contribution in [3.8, 4) is 5.75 Å². The zero-order valence-electron chi connectivity index (χ0n) is 15.9. The van der Waals surface area contributed by atoms with Crippen molar-refractivity contribution in [1.29, 1.82) is 0 Å². The van der Waals surface area contributed by atoms with Crippen LogP contribution in [0.15, 0.2) is 57.2 Å². The summed E-state index contributed by atoms with van der Waals surface area (Å²) in [5.41, 5.74) is -0.645. The molecule has 0 bridgehead atoms. The lowest BCUT2D eigenvalue weighted by molar-refractivity contribution is -0.157. The average molecular weight is 445 g/mol. The van der Waals surface area contributed by atoms with E-state index >= 15 is 0 Å². The van der Waals surface area contributed by atoms with Crippen molar-refractivity contribution < 1.29 is 26.9 Å². The summed E-state index contributed by atoms with van der Waals surface area (Å²) in [6.07, 6.45) is 1.10. The SMILES string of the molecule is CC(C)(C)OC(=O)COc1ccc(Cl)cc1S(=O)c1ccc(S(C)(=O)=O)cc1. The predicted molar refractivity (Wildman–Crippen MR) is 107 cm³/mol. The fourth-order valence-corrected chi connectivity index (χ4v) is 4.24. The molecule has 9 heteroatoms. The van der Waals surface area contributed by atoms with Gasteiger partial charge < -0.3 is 9.47 Å². The highest BCUT2D eigenvalue weighted by molar-refractivity contribution is 7.90. The first-order valence-corrected chi connectivity index (χ1v) is 11.6. The van der Waals surface area contributed by atoms with Crippen LogP contribution in [0.1, 0.15) is 20.8 Å². The summed E-state index contributed by atoms with van der Waals surface area (Å²) in [5, 5.41) is 0.348. The van der Waals surface area contributed by atoms with Crippen LogP contribution in [0.25, 0.3) is 0 Å². The highest BCUT2D eigenvalue weighted by Crippen LogP contribution is 2.30. The van der Waals surface area contributed by atoms with Crippen LogP contribution in [-0.4, -0.2) is 37.1 Å². The van der Waals surface area contributed by atoms with Crippen molar-refractivity contribution in [3.05, 3.63) is 47.5 Å². The van der Waals surface area contributed by atoms with Crippen LogP contribution in [0.4, 0.5) is 0 Å². The first-order chi connectivity index (χ1) is 12.9. The van der Waals surface area contributed by atoms with Gasteiger partial charge in [-0.2, -0.15) is 0 Å². The Bertz CT molecular complexity index is 992. The Labute approximate surface area is 172 Å².